The first-order valence-electron chi connectivity index (χ1n) is 4.12. The van der Waals surface area contributed by atoms with E-state index in [0.717, 1.165) is 16.2 Å². The molecule has 0 aliphatic carbocycles. The van der Waals surface area contributed by atoms with Crippen LogP contribution in [0.1, 0.15) is 24.2 Å². The number of halogens is 1. The van der Waals surface area contributed by atoms with Crippen molar-refractivity contribution < 1.29 is 18.3 Å². The van der Waals surface area contributed by atoms with Gasteiger partial charge in [0.2, 0.25) is 10.0 Å². The summed E-state index contributed by atoms with van der Waals surface area (Å²) in [5, 5.41) is 7.87. The van der Waals surface area contributed by atoms with Crippen molar-refractivity contribution in [3.8, 4) is 0 Å². The summed E-state index contributed by atoms with van der Waals surface area (Å²) in [5.74, 6) is -1.21. The Morgan fingerprint density at radius 3 is 2.40 bits per heavy atom. The Morgan fingerprint density at radius 1 is 1.53 bits per heavy atom. The van der Waals surface area contributed by atoms with Crippen LogP contribution < -0.4 is 0 Å². The second-order valence-electron chi connectivity index (χ2n) is 3.25. The molecule has 5 nitrogen and oxygen atoms in total. The van der Waals surface area contributed by atoms with Crippen molar-refractivity contribution in [1.29, 1.82) is 0 Å². The van der Waals surface area contributed by atoms with Crippen LogP contribution in [-0.2, 0) is 10.0 Å². The second kappa shape index (κ2) is 3.86. The Labute approximate surface area is 92.3 Å². The van der Waals surface area contributed by atoms with Crippen LogP contribution >= 0.6 is 11.6 Å². The van der Waals surface area contributed by atoms with Crippen LogP contribution in [-0.4, -0.2) is 28.7 Å². The van der Waals surface area contributed by atoms with E-state index in [0.29, 0.717) is 0 Å². The summed E-state index contributed by atoms with van der Waals surface area (Å²) in [6.45, 7) is 2.98. The first kappa shape index (κ1) is 12.1. The van der Waals surface area contributed by atoms with Gasteiger partial charge < -0.3 is 5.11 Å². The molecule has 1 aromatic rings. The normalized spacial score (nSPS) is 12.0. The van der Waals surface area contributed by atoms with Crippen molar-refractivity contribution >= 4 is 27.6 Å². The molecule has 1 N–H and O–H groups in total. The van der Waals surface area contributed by atoms with Crippen molar-refractivity contribution in [2.24, 2.45) is 0 Å². The molecule has 0 spiro atoms. The first-order valence-corrected chi connectivity index (χ1v) is 6.00. The van der Waals surface area contributed by atoms with Crippen molar-refractivity contribution in [3.63, 3.8) is 0 Å². The monoisotopic (exact) mass is 251 g/mol. The molecule has 84 valence electrons. The first-order chi connectivity index (χ1) is 6.76. The van der Waals surface area contributed by atoms with Crippen LogP contribution in [0.4, 0.5) is 0 Å². The van der Waals surface area contributed by atoms with Gasteiger partial charge in [-0.05, 0) is 19.9 Å². The zero-order chi connectivity index (χ0) is 11.8. The predicted molar refractivity (Wildman–Crippen MR) is 55.9 cm³/mol. The lowest BCUT2D eigenvalue weighted by atomic mass is 10.4. The highest BCUT2D eigenvalue weighted by Gasteiger charge is 2.22. The van der Waals surface area contributed by atoms with E-state index in [-0.39, 0.29) is 10.7 Å². The molecule has 0 aliphatic rings. The number of nitrogens with zero attached hydrogens (tertiary/aromatic N) is 1. The summed E-state index contributed by atoms with van der Waals surface area (Å²) in [5.41, 5.74) is -0.149. The van der Waals surface area contributed by atoms with Gasteiger partial charge >= 0.3 is 5.97 Å². The zero-order valence-electron chi connectivity index (χ0n) is 8.14. The molecule has 0 saturated carbocycles. The van der Waals surface area contributed by atoms with Gasteiger partial charge in [0.05, 0.1) is 10.8 Å². The van der Waals surface area contributed by atoms with Crippen LogP contribution in [0.5, 0.6) is 0 Å². The van der Waals surface area contributed by atoms with Crippen molar-refractivity contribution in [1.82, 2.24) is 3.97 Å². The topological polar surface area (TPSA) is 76.4 Å². The van der Waals surface area contributed by atoms with Gasteiger partial charge in [0.25, 0.3) is 0 Å². The van der Waals surface area contributed by atoms with E-state index < -0.39 is 21.2 Å². The molecule has 7 heteroatoms. The third kappa shape index (κ3) is 2.15. The Morgan fingerprint density at radius 2 is 2.07 bits per heavy atom. The van der Waals surface area contributed by atoms with Crippen molar-refractivity contribution in [3.05, 3.63) is 23.0 Å². The van der Waals surface area contributed by atoms with Crippen LogP contribution in [0.3, 0.4) is 0 Å². The fourth-order valence-corrected chi connectivity index (χ4v) is 2.42. The maximum atomic E-state index is 11.7. The van der Waals surface area contributed by atoms with Gasteiger partial charge in [-0.3, -0.25) is 0 Å². The summed E-state index contributed by atoms with van der Waals surface area (Å²) in [6, 6.07) is 1.10. The SMILES string of the molecule is CC(C)S(=O)(=O)n1cc(C(=O)O)cc1Cl. The third-order valence-electron chi connectivity index (χ3n) is 1.86. The summed E-state index contributed by atoms with van der Waals surface area (Å²) in [7, 11) is -3.60. The Bertz CT molecular complexity index is 489. The molecule has 0 bridgehead atoms. The quantitative estimate of drug-likeness (QED) is 0.882. The van der Waals surface area contributed by atoms with Crippen LogP contribution in [0.2, 0.25) is 5.15 Å². The molecular weight excluding hydrogens is 242 g/mol. The van der Waals surface area contributed by atoms with Crippen LogP contribution in [0.15, 0.2) is 12.3 Å². The molecule has 1 heterocycles. The molecule has 0 amide bonds. The highest BCUT2D eigenvalue weighted by Crippen LogP contribution is 2.19. The minimum absolute atomic E-state index is 0.124. The summed E-state index contributed by atoms with van der Waals surface area (Å²) in [6.07, 6.45) is 1.00. The fraction of sp³-hybridized carbons (Fsp3) is 0.375. The number of rotatable bonds is 3. The minimum atomic E-state index is -3.60. The second-order valence-corrected chi connectivity index (χ2v) is 6.00. The Hall–Kier alpha value is -1.01. The molecule has 0 radical (unpaired) electrons. The Balaban J connectivity index is 3.34. The lowest BCUT2D eigenvalue weighted by Gasteiger charge is -2.09. The molecule has 1 rings (SSSR count). The average molecular weight is 252 g/mol. The van der Waals surface area contributed by atoms with Gasteiger partial charge in [0.15, 0.2) is 0 Å². The number of hydrogen-bond donors (Lipinski definition) is 1. The maximum absolute atomic E-state index is 11.7. The van der Waals surface area contributed by atoms with Crippen molar-refractivity contribution in [2.75, 3.05) is 0 Å². The van der Waals surface area contributed by atoms with E-state index in [9.17, 15) is 13.2 Å². The number of hydrogen-bond acceptors (Lipinski definition) is 3. The molecule has 1 aromatic heterocycles. The highest BCUT2D eigenvalue weighted by molar-refractivity contribution is 7.90. The summed E-state index contributed by atoms with van der Waals surface area (Å²) >= 11 is 5.64. The predicted octanol–water partition coefficient (Wildman–Crippen LogP) is 1.43. The average Bonchev–Trinajstić information content (AvgIpc) is 2.47. The molecule has 0 saturated heterocycles. The van der Waals surface area contributed by atoms with Crippen molar-refractivity contribution in [2.45, 2.75) is 19.1 Å². The third-order valence-corrected chi connectivity index (χ3v) is 4.29. The van der Waals surface area contributed by atoms with E-state index in [2.05, 4.69) is 0 Å². The van der Waals surface area contributed by atoms with Gasteiger partial charge in [-0.25, -0.2) is 17.2 Å². The largest absolute Gasteiger partial charge is 0.478 e. The van der Waals surface area contributed by atoms with E-state index in [1.54, 1.807) is 0 Å². The van der Waals surface area contributed by atoms with E-state index in [1.165, 1.54) is 13.8 Å². The van der Waals surface area contributed by atoms with Gasteiger partial charge in [-0.1, -0.05) is 11.6 Å². The van der Waals surface area contributed by atoms with E-state index in [4.69, 9.17) is 16.7 Å². The number of carboxylic acid groups (broad SMARTS) is 1. The number of aromatic carboxylic acids is 1. The summed E-state index contributed by atoms with van der Waals surface area (Å²) in [4.78, 5) is 10.6. The maximum Gasteiger partial charge on any atom is 0.337 e. The molecule has 0 aromatic carbocycles. The lowest BCUT2D eigenvalue weighted by molar-refractivity contribution is 0.0697. The molecule has 0 unspecified atom stereocenters. The molecule has 0 fully saturated rings. The minimum Gasteiger partial charge on any atom is -0.478 e. The summed E-state index contributed by atoms with van der Waals surface area (Å²) < 4.78 is 24.1. The molecule has 0 atom stereocenters. The standard InChI is InChI=1S/C8H10ClNO4S/c1-5(2)15(13,14)10-4-6(8(11)12)3-7(10)9/h3-5H,1-2H3,(H,11,12). The van der Waals surface area contributed by atoms with E-state index >= 15 is 0 Å². The molecule has 15 heavy (non-hydrogen) atoms. The number of carboxylic acids is 1. The van der Waals surface area contributed by atoms with Crippen LogP contribution in [0.25, 0.3) is 0 Å². The number of carbonyl (C=O) groups is 1. The van der Waals surface area contributed by atoms with Gasteiger partial charge in [0, 0.05) is 6.20 Å². The van der Waals surface area contributed by atoms with E-state index in [1.807, 2.05) is 0 Å². The van der Waals surface area contributed by atoms with Crippen LogP contribution in [0, 0.1) is 0 Å². The van der Waals surface area contributed by atoms with Gasteiger partial charge in [-0.15, -0.1) is 0 Å². The Kier molecular flexibility index (Phi) is 3.11. The molecular formula is C8H10ClNO4S. The lowest BCUT2D eigenvalue weighted by Crippen LogP contribution is -2.21. The molecule has 0 aliphatic heterocycles. The smallest absolute Gasteiger partial charge is 0.337 e. The van der Waals surface area contributed by atoms with Gasteiger partial charge in [-0.2, -0.15) is 0 Å². The number of aromatic nitrogens is 1. The zero-order valence-corrected chi connectivity index (χ0v) is 9.71. The highest BCUT2D eigenvalue weighted by atomic mass is 35.5. The van der Waals surface area contributed by atoms with Gasteiger partial charge in [0.1, 0.15) is 5.15 Å². The fourth-order valence-electron chi connectivity index (χ4n) is 0.956.